The molecule has 0 amide bonds. The van der Waals surface area contributed by atoms with Crippen molar-refractivity contribution in [1.29, 1.82) is 0 Å². The molecule has 3 nitrogen and oxygen atoms in total. The van der Waals surface area contributed by atoms with E-state index in [1.54, 1.807) is 6.33 Å². The van der Waals surface area contributed by atoms with Crippen LogP contribution in [0.25, 0.3) is 11.3 Å². The van der Waals surface area contributed by atoms with Gasteiger partial charge >= 0.3 is 0 Å². The number of fused-ring (bicyclic) bond motifs is 3. The van der Waals surface area contributed by atoms with E-state index in [1.165, 1.54) is 5.56 Å². The van der Waals surface area contributed by atoms with E-state index < -0.39 is 0 Å². The number of imidazole rings is 1. The highest BCUT2D eigenvalue weighted by atomic mass is 16.5. The van der Waals surface area contributed by atoms with Gasteiger partial charge in [-0.05, 0) is 24.6 Å². The van der Waals surface area contributed by atoms with Crippen molar-refractivity contribution in [2.75, 3.05) is 6.61 Å². The summed E-state index contributed by atoms with van der Waals surface area (Å²) in [7, 11) is 0. The molecule has 1 N–H and O–H groups in total. The number of nitrogens with one attached hydrogen (secondary N) is 1. The van der Waals surface area contributed by atoms with Gasteiger partial charge in [0.05, 0.1) is 18.6 Å². The van der Waals surface area contributed by atoms with Gasteiger partial charge in [-0.25, -0.2) is 4.98 Å². The molecule has 0 fully saturated rings. The zero-order valence-electron chi connectivity index (χ0n) is 8.58. The van der Waals surface area contributed by atoms with Crippen LogP contribution in [-0.4, -0.2) is 16.6 Å². The van der Waals surface area contributed by atoms with Crippen LogP contribution in [0.2, 0.25) is 0 Å². The summed E-state index contributed by atoms with van der Waals surface area (Å²) < 4.78 is 5.71. The molecular weight excluding hydrogens is 188 g/mol. The number of aryl methyl sites for hydroxylation is 1. The van der Waals surface area contributed by atoms with Crippen LogP contribution >= 0.6 is 0 Å². The lowest BCUT2D eigenvalue weighted by atomic mass is 10.1. The second kappa shape index (κ2) is 3.12. The molecule has 2 heterocycles. The molecule has 1 aliphatic rings. The lowest BCUT2D eigenvalue weighted by molar-refractivity contribution is 0.325. The topological polar surface area (TPSA) is 37.9 Å². The SMILES string of the molecule is Cc1ccc2c(c1)OCCc1[nH]cnc1-2. The highest BCUT2D eigenvalue weighted by molar-refractivity contribution is 5.70. The van der Waals surface area contributed by atoms with E-state index in [9.17, 15) is 0 Å². The standard InChI is InChI=1S/C12H12N2O/c1-8-2-3-9-11(6-8)15-5-4-10-12(9)14-7-13-10/h2-3,6-7H,4-5H2,1H3,(H,13,14). The molecule has 2 aromatic rings. The third kappa shape index (κ3) is 1.31. The first-order chi connectivity index (χ1) is 7.34. The molecule has 1 aromatic heterocycles. The largest absolute Gasteiger partial charge is 0.492 e. The summed E-state index contributed by atoms with van der Waals surface area (Å²) in [5.74, 6) is 0.945. The number of hydrogen-bond acceptors (Lipinski definition) is 2. The third-order valence-electron chi connectivity index (χ3n) is 2.72. The Balaban J connectivity index is 2.25. The number of aromatic amines is 1. The van der Waals surface area contributed by atoms with Crippen molar-refractivity contribution in [1.82, 2.24) is 9.97 Å². The Hall–Kier alpha value is -1.77. The van der Waals surface area contributed by atoms with Crippen molar-refractivity contribution in [3.8, 4) is 17.0 Å². The first-order valence-electron chi connectivity index (χ1n) is 5.10. The number of ether oxygens (including phenoxy) is 1. The predicted octanol–water partition coefficient (Wildman–Crippen LogP) is 2.32. The molecule has 0 bridgehead atoms. The van der Waals surface area contributed by atoms with Crippen LogP contribution in [0.4, 0.5) is 0 Å². The van der Waals surface area contributed by atoms with Gasteiger partial charge in [0.25, 0.3) is 0 Å². The van der Waals surface area contributed by atoms with Crippen molar-refractivity contribution >= 4 is 0 Å². The van der Waals surface area contributed by atoms with Gasteiger partial charge in [-0.2, -0.15) is 0 Å². The first-order valence-corrected chi connectivity index (χ1v) is 5.10. The van der Waals surface area contributed by atoms with Crippen LogP contribution in [-0.2, 0) is 6.42 Å². The molecule has 1 aliphatic heterocycles. The van der Waals surface area contributed by atoms with Gasteiger partial charge in [-0.3, -0.25) is 0 Å². The third-order valence-corrected chi connectivity index (χ3v) is 2.72. The van der Waals surface area contributed by atoms with E-state index in [2.05, 4.69) is 35.1 Å². The summed E-state index contributed by atoms with van der Waals surface area (Å²) in [5.41, 5.74) is 4.50. The maximum atomic E-state index is 5.71. The summed E-state index contributed by atoms with van der Waals surface area (Å²) in [6.45, 7) is 2.78. The summed E-state index contributed by atoms with van der Waals surface area (Å²) >= 11 is 0. The van der Waals surface area contributed by atoms with Crippen LogP contribution in [0.5, 0.6) is 5.75 Å². The lowest BCUT2D eigenvalue weighted by Crippen LogP contribution is -1.99. The number of nitrogens with zero attached hydrogens (tertiary/aromatic N) is 1. The van der Waals surface area contributed by atoms with Gasteiger partial charge in [-0.15, -0.1) is 0 Å². The molecule has 0 saturated carbocycles. The molecular formula is C12H12N2O. The molecule has 0 atom stereocenters. The molecule has 3 heteroatoms. The van der Waals surface area contributed by atoms with Gasteiger partial charge in [0.2, 0.25) is 0 Å². The normalized spacial score (nSPS) is 13.7. The Morgan fingerprint density at radius 2 is 2.33 bits per heavy atom. The maximum Gasteiger partial charge on any atom is 0.129 e. The fourth-order valence-electron chi connectivity index (χ4n) is 1.95. The molecule has 0 saturated heterocycles. The van der Waals surface area contributed by atoms with Crippen molar-refractivity contribution < 1.29 is 4.74 Å². The van der Waals surface area contributed by atoms with E-state index in [0.717, 1.165) is 29.1 Å². The van der Waals surface area contributed by atoms with Crippen molar-refractivity contribution in [3.63, 3.8) is 0 Å². The second-order valence-corrected chi connectivity index (χ2v) is 3.83. The molecule has 15 heavy (non-hydrogen) atoms. The Bertz CT molecular complexity index is 502. The van der Waals surface area contributed by atoms with Gasteiger partial charge in [-0.1, -0.05) is 6.07 Å². The summed E-state index contributed by atoms with van der Waals surface area (Å²) in [6.07, 6.45) is 2.64. The van der Waals surface area contributed by atoms with Gasteiger partial charge in [0, 0.05) is 17.7 Å². The van der Waals surface area contributed by atoms with Crippen molar-refractivity contribution in [2.24, 2.45) is 0 Å². The fourth-order valence-corrected chi connectivity index (χ4v) is 1.95. The Morgan fingerprint density at radius 3 is 3.27 bits per heavy atom. The van der Waals surface area contributed by atoms with Crippen molar-refractivity contribution in [2.45, 2.75) is 13.3 Å². The van der Waals surface area contributed by atoms with E-state index in [1.807, 2.05) is 0 Å². The van der Waals surface area contributed by atoms with E-state index >= 15 is 0 Å². The quantitative estimate of drug-likeness (QED) is 0.708. The van der Waals surface area contributed by atoms with Gasteiger partial charge < -0.3 is 9.72 Å². The van der Waals surface area contributed by atoms with E-state index in [-0.39, 0.29) is 0 Å². The molecule has 3 rings (SSSR count). The molecule has 1 aromatic carbocycles. The van der Waals surface area contributed by atoms with E-state index in [4.69, 9.17) is 4.74 Å². The van der Waals surface area contributed by atoms with E-state index in [0.29, 0.717) is 6.61 Å². The van der Waals surface area contributed by atoms with Crippen molar-refractivity contribution in [3.05, 3.63) is 35.8 Å². The molecule has 0 aliphatic carbocycles. The average Bonchev–Trinajstić information content (AvgIpc) is 2.61. The molecule has 0 spiro atoms. The number of aromatic nitrogens is 2. The summed E-state index contributed by atoms with van der Waals surface area (Å²) in [5, 5.41) is 0. The fraction of sp³-hybridized carbons (Fsp3) is 0.250. The minimum absolute atomic E-state index is 0.714. The zero-order valence-corrected chi connectivity index (χ0v) is 8.58. The van der Waals surface area contributed by atoms with Crippen LogP contribution in [0.3, 0.4) is 0 Å². The zero-order chi connectivity index (χ0) is 10.3. The minimum Gasteiger partial charge on any atom is -0.492 e. The Labute approximate surface area is 88.1 Å². The second-order valence-electron chi connectivity index (χ2n) is 3.83. The Morgan fingerprint density at radius 1 is 1.40 bits per heavy atom. The summed E-state index contributed by atoms with van der Waals surface area (Å²) in [6, 6.07) is 6.24. The van der Waals surface area contributed by atoms with Crippen LogP contribution in [0.1, 0.15) is 11.3 Å². The minimum atomic E-state index is 0.714. The number of hydrogen-bond donors (Lipinski definition) is 1. The van der Waals surface area contributed by atoms with Crippen LogP contribution < -0.4 is 4.74 Å². The first kappa shape index (κ1) is 8.53. The van der Waals surface area contributed by atoms with Gasteiger partial charge in [0.1, 0.15) is 5.75 Å². The monoisotopic (exact) mass is 200 g/mol. The molecule has 76 valence electrons. The smallest absolute Gasteiger partial charge is 0.129 e. The Kier molecular flexibility index (Phi) is 1.78. The number of H-pyrrole nitrogens is 1. The summed E-state index contributed by atoms with van der Waals surface area (Å²) in [4.78, 5) is 7.51. The number of rotatable bonds is 0. The maximum absolute atomic E-state index is 5.71. The highest BCUT2D eigenvalue weighted by Crippen LogP contribution is 2.33. The van der Waals surface area contributed by atoms with Crippen LogP contribution in [0.15, 0.2) is 24.5 Å². The molecule has 0 unspecified atom stereocenters. The average molecular weight is 200 g/mol. The number of benzene rings is 1. The molecule has 0 radical (unpaired) electrons. The lowest BCUT2D eigenvalue weighted by Gasteiger charge is -2.06. The predicted molar refractivity (Wildman–Crippen MR) is 58.0 cm³/mol. The van der Waals surface area contributed by atoms with Gasteiger partial charge in [0.15, 0.2) is 0 Å². The highest BCUT2D eigenvalue weighted by Gasteiger charge is 2.17. The van der Waals surface area contributed by atoms with Crippen LogP contribution in [0, 0.1) is 6.92 Å².